The maximum absolute atomic E-state index is 12.5. The van der Waals surface area contributed by atoms with E-state index >= 15 is 0 Å². The Labute approximate surface area is 151 Å². The second kappa shape index (κ2) is 7.57. The van der Waals surface area contributed by atoms with E-state index in [1.807, 2.05) is 35.7 Å². The molecule has 0 unspecified atom stereocenters. The number of hydrogen-bond donors (Lipinski definition) is 3. The van der Waals surface area contributed by atoms with Crippen LogP contribution in [0.2, 0.25) is 0 Å². The highest BCUT2D eigenvalue weighted by atomic mass is 32.1. The van der Waals surface area contributed by atoms with Crippen LogP contribution >= 0.6 is 11.3 Å². The van der Waals surface area contributed by atoms with Crippen molar-refractivity contribution in [2.24, 2.45) is 0 Å². The zero-order valence-electron chi connectivity index (χ0n) is 14.1. The molecule has 0 bridgehead atoms. The average molecular weight is 358 g/mol. The van der Waals surface area contributed by atoms with Gasteiger partial charge in [0.15, 0.2) is 0 Å². The minimum Gasteiger partial charge on any atom is -0.397 e. The van der Waals surface area contributed by atoms with Crippen molar-refractivity contribution in [2.75, 3.05) is 24.1 Å². The van der Waals surface area contributed by atoms with E-state index in [0.717, 1.165) is 23.3 Å². The van der Waals surface area contributed by atoms with Crippen LogP contribution in [0.3, 0.4) is 0 Å². The van der Waals surface area contributed by atoms with Crippen molar-refractivity contribution in [1.29, 1.82) is 0 Å². The molecule has 0 saturated carbocycles. The Hall–Kier alpha value is -2.54. The van der Waals surface area contributed by atoms with Gasteiger partial charge < -0.3 is 21.3 Å². The van der Waals surface area contributed by atoms with E-state index in [9.17, 15) is 9.59 Å². The van der Waals surface area contributed by atoms with E-state index in [0.29, 0.717) is 24.5 Å². The molecular weight excluding hydrogens is 336 g/mol. The van der Waals surface area contributed by atoms with Crippen LogP contribution in [0.4, 0.5) is 16.2 Å². The zero-order valence-corrected chi connectivity index (χ0v) is 14.9. The lowest BCUT2D eigenvalue weighted by atomic mass is 10.1. The number of benzene rings is 1. The number of nitrogen functional groups attached to an aromatic ring is 1. The van der Waals surface area contributed by atoms with E-state index in [1.54, 1.807) is 16.2 Å². The molecule has 0 radical (unpaired) electrons. The molecule has 1 aliphatic heterocycles. The summed E-state index contributed by atoms with van der Waals surface area (Å²) in [4.78, 5) is 26.5. The van der Waals surface area contributed by atoms with Crippen molar-refractivity contribution in [3.8, 4) is 10.4 Å². The van der Waals surface area contributed by atoms with Crippen LogP contribution in [0.5, 0.6) is 0 Å². The summed E-state index contributed by atoms with van der Waals surface area (Å²) < 4.78 is 0. The number of thiophene rings is 1. The third-order valence-electron chi connectivity index (χ3n) is 4.29. The molecule has 0 atom stereocenters. The molecule has 6 nitrogen and oxygen atoms in total. The van der Waals surface area contributed by atoms with E-state index in [-0.39, 0.29) is 18.0 Å². The van der Waals surface area contributed by atoms with Gasteiger partial charge in [0, 0.05) is 30.9 Å². The lowest BCUT2D eigenvalue weighted by molar-refractivity contribution is -0.119. The van der Waals surface area contributed by atoms with E-state index < -0.39 is 0 Å². The number of amides is 3. The fourth-order valence-electron chi connectivity index (χ4n) is 2.97. The van der Waals surface area contributed by atoms with Gasteiger partial charge in [-0.2, -0.15) is 0 Å². The lowest BCUT2D eigenvalue weighted by Crippen LogP contribution is -2.47. The highest BCUT2D eigenvalue weighted by Gasteiger charge is 2.23. The lowest BCUT2D eigenvalue weighted by Gasteiger charge is -2.32. The molecule has 2 aromatic rings. The molecule has 0 spiro atoms. The summed E-state index contributed by atoms with van der Waals surface area (Å²) in [6, 6.07) is 9.69. The number of carbonyl (C=O) groups excluding carboxylic acids is 2. The zero-order chi connectivity index (χ0) is 17.8. The van der Waals surface area contributed by atoms with Gasteiger partial charge in [-0.15, -0.1) is 11.3 Å². The number of nitrogens with two attached hydrogens (primary N) is 1. The number of nitrogens with one attached hydrogen (secondary N) is 2. The summed E-state index contributed by atoms with van der Waals surface area (Å²) >= 11 is 1.64. The number of rotatable bonds is 3. The summed E-state index contributed by atoms with van der Waals surface area (Å²) in [5, 5.41) is 7.84. The van der Waals surface area contributed by atoms with Crippen LogP contribution in [0.25, 0.3) is 10.4 Å². The normalized spacial score (nSPS) is 15.0. The molecule has 1 aliphatic rings. The van der Waals surface area contributed by atoms with Crippen LogP contribution in [-0.2, 0) is 4.79 Å². The van der Waals surface area contributed by atoms with Crippen molar-refractivity contribution < 1.29 is 9.59 Å². The van der Waals surface area contributed by atoms with Crippen molar-refractivity contribution in [1.82, 2.24) is 10.2 Å². The Morgan fingerprint density at radius 1 is 1.24 bits per heavy atom. The van der Waals surface area contributed by atoms with Gasteiger partial charge in [-0.3, -0.25) is 4.79 Å². The first-order valence-electron chi connectivity index (χ1n) is 8.29. The minimum absolute atomic E-state index is 0.0268. The molecular formula is C18H22N4O2S. The molecule has 2 heterocycles. The SMILES string of the molecule is CC(=O)NC1CCN(C(=O)Nc2cc(-c3cccs3)ccc2N)CC1. The summed E-state index contributed by atoms with van der Waals surface area (Å²) in [6.07, 6.45) is 1.52. The summed E-state index contributed by atoms with van der Waals surface area (Å²) in [5.41, 5.74) is 8.22. The van der Waals surface area contributed by atoms with Crippen LogP contribution < -0.4 is 16.4 Å². The Balaban J connectivity index is 1.63. The molecule has 7 heteroatoms. The highest BCUT2D eigenvalue weighted by molar-refractivity contribution is 7.13. The summed E-state index contributed by atoms with van der Waals surface area (Å²) in [6.45, 7) is 2.74. The van der Waals surface area contributed by atoms with Gasteiger partial charge in [0.1, 0.15) is 0 Å². The highest BCUT2D eigenvalue weighted by Crippen LogP contribution is 2.30. The number of hydrogen-bond acceptors (Lipinski definition) is 4. The van der Waals surface area contributed by atoms with Crippen molar-refractivity contribution in [3.05, 3.63) is 35.7 Å². The third-order valence-corrected chi connectivity index (χ3v) is 5.21. The monoisotopic (exact) mass is 358 g/mol. The smallest absolute Gasteiger partial charge is 0.321 e. The van der Waals surface area contributed by atoms with Crippen LogP contribution in [0.15, 0.2) is 35.7 Å². The summed E-state index contributed by atoms with van der Waals surface area (Å²) in [7, 11) is 0. The van der Waals surface area contributed by atoms with Gasteiger partial charge in [0.2, 0.25) is 5.91 Å². The number of urea groups is 1. The molecule has 1 aromatic heterocycles. The van der Waals surface area contributed by atoms with E-state index in [2.05, 4.69) is 10.6 Å². The van der Waals surface area contributed by atoms with Gasteiger partial charge in [0.05, 0.1) is 11.4 Å². The molecule has 1 aromatic carbocycles. The van der Waals surface area contributed by atoms with E-state index in [4.69, 9.17) is 5.73 Å². The van der Waals surface area contributed by atoms with Gasteiger partial charge in [-0.25, -0.2) is 4.79 Å². The van der Waals surface area contributed by atoms with Crippen LogP contribution in [0, 0.1) is 0 Å². The number of carbonyl (C=O) groups is 2. The second-order valence-corrected chi connectivity index (χ2v) is 7.12. The Morgan fingerprint density at radius 3 is 2.64 bits per heavy atom. The molecule has 4 N–H and O–H groups in total. The third kappa shape index (κ3) is 4.30. The molecule has 132 valence electrons. The Morgan fingerprint density at radius 2 is 2.00 bits per heavy atom. The van der Waals surface area contributed by atoms with Gasteiger partial charge in [0.25, 0.3) is 0 Å². The quantitative estimate of drug-likeness (QED) is 0.737. The largest absolute Gasteiger partial charge is 0.397 e. The Kier molecular flexibility index (Phi) is 5.23. The average Bonchev–Trinajstić information content (AvgIpc) is 3.11. The predicted molar refractivity (Wildman–Crippen MR) is 102 cm³/mol. The standard InChI is InChI=1S/C18H22N4O2S/c1-12(23)20-14-6-8-22(9-7-14)18(24)21-16-11-13(4-5-15(16)19)17-3-2-10-25-17/h2-5,10-11,14H,6-9,19H2,1H3,(H,20,23)(H,21,24). The van der Waals surface area contributed by atoms with Crippen molar-refractivity contribution >= 4 is 34.6 Å². The van der Waals surface area contributed by atoms with Gasteiger partial charge in [-0.05, 0) is 42.0 Å². The first kappa shape index (κ1) is 17.3. The molecule has 3 rings (SSSR count). The molecule has 25 heavy (non-hydrogen) atoms. The molecule has 0 aliphatic carbocycles. The fourth-order valence-corrected chi connectivity index (χ4v) is 3.69. The van der Waals surface area contributed by atoms with Crippen molar-refractivity contribution in [3.63, 3.8) is 0 Å². The molecule has 1 saturated heterocycles. The molecule has 1 fully saturated rings. The maximum Gasteiger partial charge on any atom is 0.321 e. The number of likely N-dealkylation sites (tertiary alicyclic amines) is 1. The topological polar surface area (TPSA) is 87.5 Å². The van der Waals surface area contributed by atoms with Gasteiger partial charge >= 0.3 is 6.03 Å². The number of piperidine rings is 1. The number of nitrogens with zero attached hydrogens (tertiary/aromatic N) is 1. The predicted octanol–water partition coefficient (Wildman–Crippen LogP) is 3.13. The van der Waals surface area contributed by atoms with Crippen LogP contribution in [-0.4, -0.2) is 36.0 Å². The summed E-state index contributed by atoms with van der Waals surface area (Å²) in [5.74, 6) is -0.0268. The van der Waals surface area contributed by atoms with E-state index in [1.165, 1.54) is 6.92 Å². The van der Waals surface area contributed by atoms with Gasteiger partial charge in [-0.1, -0.05) is 12.1 Å². The number of anilines is 2. The van der Waals surface area contributed by atoms with Crippen molar-refractivity contribution in [2.45, 2.75) is 25.8 Å². The molecule has 3 amide bonds. The minimum atomic E-state index is -0.156. The first-order valence-corrected chi connectivity index (χ1v) is 9.17. The maximum atomic E-state index is 12.5. The first-order chi connectivity index (χ1) is 12.0. The van der Waals surface area contributed by atoms with Crippen LogP contribution in [0.1, 0.15) is 19.8 Å². The fraction of sp³-hybridized carbons (Fsp3) is 0.333. The second-order valence-electron chi connectivity index (χ2n) is 6.17. The Bertz CT molecular complexity index is 752.